The summed E-state index contributed by atoms with van der Waals surface area (Å²) in [4.78, 5) is 26.0. The molecular formula is C17H18ClN5O2S. The molecule has 1 amide bonds. The molecule has 9 heteroatoms. The third-order valence-corrected chi connectivity index (χ3v) is 5.12. The van der Waals surface area contributed by atoms with E-state index in [9.17, 15) is 9.59 Å². The molecule has 26 heavy (non-hydrogen) atoms. The molecular weight excluding hydrogens is 374 g/mol. The Morgan fingerprint density at radius 2 is 2.00 bits per heavy atom. The lowest BCUT2D eigenvalue weighted by Gasteiger charge is -2.21. The predicted octanol–water partition coefficient (Wildman–Crippen LogP) is 2.66. The van der Waals surface area contributed by atoms with Crippen LogP contribution in [0.15, 0.2) is 46.6 Å². The van der Waals surface area contributed by atoms with Crippen molar-refractivity contribution in [1.82, 2.24) is 25.1 Å². The number of thiophene rings is 1. The largest absolute Gasteiger partial charge is 0.369 e. The molecule has 0 bridgehead atoms. The first-order chi connectivity index (χ1) is 12.5. The summed E-state index contributed by atoms with van der Waals surface area (Å²) in [5.41, 5.74) is -0.102. The summed E-state index contributed by atoms with van der Waals surface area (Å²) in [7, 11) is 0. The Kier molecular flexibility index (Phi) is 5.53. The molecule has 0 aliphatic heterocycles. The van der Waals surface area contributed by atoms with Gasteiger partial charge in [-0.3, -0.25) is 4.79 Å². The van der Waals surface area contributed by atoms with Crippen LogP contribution in [0.2, 0.25) is 5.02 Å². The van der Waals surface area contributed by atoms with Gasteiger partial charge in [0.2, 0.25) is 5.91 Å². The average molecular weight is 392 g/mol. The second-order valence-electron chi connectivity index (χ2n) is 6.09. The third kappa shape index (κ3) is 3.86. The first-order valence-corrected chi connectivity index (χ1v) is 9.33. The van der Waals surface area contributed by atoms with E-state index in [1.807, 2.05) is 31.4 Å². The van der Waals surface area contributed by atoms with E-state index in [-0.39, 0.29) is 24.4 Å². The van der Waals surface area contributed by atoms with Crippen LogP contribution < -0.4 is 11.0 Å². The Balaban J connectivity index is 1.76. The number of nitrogens with one attached hydrogen (secondary N) is 1. The van der Waals surface area contributed by atoms with Crippen molar-refractivity contribution in [2.75, 3.05) is 0 Å². The van der Waals surface area contributed by atoms with Crippen LogP contribution in [0.3, 0.4) is 0 Å². The van der Waals surface area contributed by atoms with Crippen LogP contribution in [0, 0.1) is 5.92 Å². The van der Waals surface area contributed by atoms with Crippen molar-refractivity contribution < 1.29 is 4.79 Å². The number of amides is 1. The van der Waals surface area contributed by atoms with Gasteiger partial charge in [0.05, 0.1) is 16.8 Å². The lowest BCUT2D eigenvalue weighted by Crippen LogP contribution is -2.37. The summed E-state index contributed by atoms with van der Waals surface area (Å²) in [5.74, 6) is -0.0847. The molecule has 3 aromatic rings. The number of rotatable bonds is 6. The van der Waals surface area contributed by atoms with E-state index in [4.69, 9.17) is 11.6 Å². The zero-order valence-electron chi connectivity index (χ0n) is 14.3. The number of hydrogen-bond acceptors (Lipinski definition) is 5. The van der Waals surface area contributed by atoms with E-state index in [1.54, 1.807) is 35.6 Å². The molecule has 1 atom stereocenters. The third-order valence-electron chi connectivity index (χ3n) is 3.85. The van der Waals surface area contributed by atoms with Crippen molar-refractivity contribution in [3.63, 3.8) is 0 Å². The standard InChI is InChI=1S/C17H18ClN5O2S/c1-11(2)16(14-8-5-9-26-14)19-15(24)10-22-17(25)23(21-20-22)13-7-4-3-6-12(13)18/h3-9,11,16H,10H2,1-2H3,(H,19,24). The van der Waals surface area contributed by atoms with Gasteiger partial charge in [-0.15, -0.1) is 11.3 Å². The van der Waals surface area contributed by atoms with Crippen molar-refractivity contribution in [2.45, 2.75) is 26.4 Å². The minimum absolute atomic E-state index is 0.114. The van der Waals surface area contributed by atoms with Crippen molar-refractivity contribution >= 4 is 28.8 Å². The van der Waals surface area contributed by atoms with Gasteiger partial charge in [-0.05, 0) is 39.9 Å². The number of tetrazole rings is 1. The van der Waals surface area contributed by atoms with Gasteiger partial charge in [0.1, 0.15) is 6.54 Å². The van der Waals surface area contributed by atoms with Crippen LogP contribution in [0.4, 0.5) is 0 Å². The van der Waals surface area contributed by atoms with Crippen molar-refractivity contribution in [3.8, 4) is 5.69 Å². The Bertz CT molecular complexity index is 948. The Morgan fingerprint density at radius 1 is 1.23 bits per heavy atom. The molecule has 0 radical (unpaired) electrons. The number of hydrogen-bond donors (Lipinski definition) is 1. The van der Waals surface area contributed by atoms with Crippen LogP contribution >= 0.6 is 22.9 Å². The molecule has 0 saturated heterocycles. The van der Waals surface area contributed by atoms with Crippen LogP contribution in [-0.2, 0) is 11.3 Å². The Morgan fingerprint density at radius 3 is 2.65 bits per heavy atom. The topological polar surface area (TPSA) is 81.8 Å². The van der Waals surface area contributed by atoms with E-state index in [1.165, 1.54) is 0 Å². The van der Waals surface area contributed by atoms with Crippen LogP contribution in [-0.4, -0.2) is 25.7 Å². The summed E-state index contributed by atoms with van der Waals surface area (Å²) in [6, 6.07) is 10.6. The summed E-state index contributed by atoms with van der Waals surface area (Å²) >= 11 is 7.68. The van der Waals surface area contributed by atoms with Gasteiger partial charge in [-0.2, -0.15) is 9.36 Å². The number of halogens is 1. The zero-order chi connectivity index (χ0) is 18.7. The van der Waals surface area contributed by atoms with Crippen LogP contribution in [0.1, 0.15) is 24.8 Å². The van der Waals surface area contributed by atoms with Crippen molar-refractivity contribution in [2.24, 2.45) is 5.92 Å². The highest BCUT2D eigenvalue weighted by Gasteiger charge is 2.21. The zero-order valence-corrected chi connectivity index (χ0v) is 15.9. The van der Waals surface area contributed by atoms with Gasteiger partial charge in [-0.1, -0.05) is 43.6 Å². The number of para-hydroxylation sites is 1. The first-order valence-electron chi connectivity index (χ1n) is 8.08. The fourth-order valence-corrected chi connectivity index (χ4v) is 3.70. The maximum atomic E-state index is 12.5. The summed E-state index contributed by atoms with van der Waals surface area (Å²) in [6.07, 6.45) is 0. The quantitative estimate of drug-likeness (QED) is 0.700. The van der Waals surface area contributed by atoms with E-state index < -0.39 is 5.69 Å². The van der Waals surface area contributed by atoms with E-state index in [0.717, 1.165) is 14.2 Å². The molecule has 1 aromatic carbocycles. The highest BCUT2D eigenvalue weighted by atomic mass is 35.5. The lowest BCUT2D eigenvalue weighted by atomic mass is 10.0. The normalized spacial score (nSPS) is 12.3. The van der Waals surface area contributed by atoms with Crippen molar-refractivity contribution in [1.29, 1.82) is 0 Å². The second-order valence-corrected chi connectivity index (χ2v) is 7.47. The fraction of sp³-hybridized carbons (Fsp3) is 0.294. The first kappa shape index (κ1) is 18.3. The van der Waals surface area contributed by atoms with E-state index in [0.29, 0.717) is 10.7 Å². The van der Waals surface area contributed by atoms with Gasteiger partial charge in [-0.25, -0.2) is 4.79 Å². The predicted molar refractivity (Wildman–Crippen MR) is 101 cm³/mol. The van der Waals surface area contributed by atoms with Gasteiger partial charge in [0.15, 0.2) is 0 Å². The number of carbonyl (C=O) groups is 1. The minimum atomic E-state index is -0.523. The van der Waals surface area contributed by atoms with Gasteiger partial charge < -0.3 is 5.32 Å². The van der Waals surface area contributed by atoms with Gasteiger partial charge in [0.25, 0.3) is 0 Å². The minimum Gasteiger partial charge on any atom is -0.347 e. The molecule has 7 nitrogen and oxygen atoms in total. The van der Waals surface area contributed by atoms with E-state index >= 15 is 0 Å². The van der Waals surface area contributed by atoms with Crippen LogP contribution in [0.5, 0.6) is 0 Å². The SMILES string of the molecule is CC(C)C(NC(=O)Cn1nnn(-c2ccccc2Cl)c1=O)c1cccs1. The van der Waals surface area contributed by atoms with Crippen LogP contribution in [0.25, 0.3) is 5.69 Å². The smallest absolute Gasteiger partial charge is 0.347 e. The number of benzene rings is 1. The Hall–Kier alpha value is -2.45. The molecule has 0 saturated carbocycles. The van der Waals surface area contributed by atoms with Gasteiger partial charge in [0, 0.05) is 4.88 Å². The highest BCUT2D eigenvalue weighted by molar-refractivity contribution is 7.10. The van der Waals surface area contributed by atoms with Gasteiger partial charge >= 0.3 is 5.69 Å². The molecule has 0 spiro atoms. The molecule has 0 aliphatic rings. The Labute approximate surface area is 159 Å². The summed E-state index contributed by atoms with van der Waals surface area (Å²) < 4.78 is 2.10. The lowest BCUT2D eigenvalue weighted by molar-refractivity contribution is -0.123. The number of aromatic nitrogens is 4. The maximum Gasteiger partial charge on any atom is 0.369 e. The molecule has 3 rings (SSSR count). The maximum absolute atomic E-state index is 12.5. The average Bonchev–Trinajstić information content (AvgIpc) is 3.24. The molecule has 1 N–H and O–H groups in total. The van der Waals surface area contributed by atoms with Crippen molar-refractivity contribution in [3.05, 3.63) is 62.2 Å². The number of nitrogens with zero attached hydrogens (tertiary/aromatic N) is 4. The number of carbonyl (C=O) groups excluding carboxylic acids is 1. The fourth-order valence-electron chi connectivity index (χ4n) is 2.54. The molecule has 0 aliphatic carbocycles. The molecule has 1 unspecified atom stereocenters. The second kappa shape index (κ2) is 7.84. The molecule has 136 valence electrons. The van der Waals surface area contributed by atoms with E-state index in [2.05, 4.69) is 15.7 Å². The molecule has 0 fully saturated rings. The summed E-state index contributed by atoms with van der Waals surface area (Å²) in [6.45, 7) is 3.85. The monoisotopic (exact) mass is 391 g/mol. The highest BCUT2D eigenvalue weighted by Crippen LogP contribution is 2.25. The molecule has 2 heterocycles. The molecule has 2 aromatic heterocycles. The summed E-state index contributed by atoms with van der Waals surface area (Å²) in [5, 5.41) is 12.9.